The molecule has 0 aliphatic carbocycles. The number of hydrogen-bond donors (Lipinski definition) is 0. The molecule has 1 amide bonds. The molecular weight excluding hydrogens is 321 g/mol. The average Bonchev–Trinajstić information content (AvgIpc) is 2.34. The van der Waals surface area contributed by atoms with Crippen LogP contribution in [-0.2, 0) is 9.53 Å². The number of carbonyl (C=O) groups is 2. The Balaban J connectivity index is 2.93. The lowest BCUT2D eigenvalue weighted by atomic mass is 10.2. The standard InChI is InChI=1S/C12H13BrClNO3/c1-3-15(7-11(16)18-2)12(17)9-5-4-8(13)6-10(9)14/h4-6H,3,7H2,1-2H3. The van der Waals surface area contributed by atoms with Crippen LogP contribution in [0.2, 0.25) is 5.02 Å². The second kappa shape index (κ2) is 6.75. The Morgan fingerprint density at radius 3 is 2.61 bits per heavy atom. The number of carbonyl (C=O) groups excluding carboxylic acids is 2. The van der Waals surface area contributed by atoms with E-state index in [1.807, 2.05) is 0 Å². The molecule has 18 heavy (non-hydrogen) atoms. The van der Waals surface area contributed by atoms with Crippen LogP contribution in [0.5, 0.6) is 0 Å². The van der Waals surface area contributed by atoms with Crippen LogP contribution < -0.4 is 0 Å². The van der Waals surface area contributed by atoms with Gasteiger partial charge in [-0.1, -0.05) is 27.5 Å². The molecule has 0 atom stereocenters. The number of benzene rings is 1. The van der Waals surface area contributed by atoms with Crippen molar-refractivity contribution in [1.29, 1.82) is 0 Å². The molecule has 0 aliphatic heterocycles. The zero-order valence-corrected chi connectivity index (χ0v) is 12.4. The molecule has 1 aromatic carbocycles. The summed E-state index contributed by atoms with van der Waals surface area (Å²) in [5.74, 6) is -0.751. The number of ether oxygens (including phenoxy) is 1. The summed E-state index contributed by atoms with van der Waals surface area (Å²) in [6.07, 6.45) is 0. The molecule has 0 heterocycles. The Morgan fingerprint density at radius 1 is 1.44 bits per heavy atom. The van der Waals surface area contributed by atoms with E-state index in [2.05, 4.69) is 20.7 Å². The third kappa shape index (κ3) is 3.71. The quantitative estimate of drug-likeness (QED) is 0.795. The van der Waals surface area contributed by atoms with Crippen LogP contribution in [0, 0.1) is 0 Å². The summed E-state index contributed by atoms with van der Waals surface area (Å²) in [5, 5.41) is 0.345. The van der Waals surface area contributed by atoms with Gasteiger partial charge in [-0.15, -0.1) is 0 Å². The lowest BCUT2D eigenvalue weighted by molar-refractivity contribution is -0.141. The van der Waals surface area contributed by atoms with Crippen LogP contribution in [0.4, 0.5) is 0 Å². The lowest BCUT2D eigenvalue weighted by Crippen LogP contribution is -2.36. The van der Waals surface area contributed by atoms with Crippen molar-refractivity contribution in [2.45, 2.75) is 6.92 Å². The summed E-state index contributed by atoms with van der Waals surface area (Å²) in [5.41, 5.74) is 0.366. The van der Waals surface area contributed by atoms with Crippen molar-refractivity contribution >= 4 is 39.4 Å². The minimum atomic E-state index is -0.460. The minimum Gasteiger partial charge on any atom is -0.468 e. The van der Waals surface area contributed by atoms with Crippen molar-refractivity contribution in [1.82, 2.24) is 4.90 Å². The van der Waals surface area contributed by atoms with Crippen LogP contribution in [0.3, 0.4) is 0 Å². The van der Waals surface area contributed by atoms with Gasteiger partial charge in [0, 0.05) is 11.0 Å². The highest BCUT2D eigenvalue weighted by molar-refractivity contribution is 9.10. The van der Waals surface area contributed by atoms with E-state index in [1.165, 1.54) is 12.0 Å². The first-order valence-electron chi connectivity index (χ1n) is 5.30. The number of likely N-dealkylation sites (N-methyl/N-ethyl adjacent to an activating group) is 1. The van der Waals surface area contributed by atoms with Crippen molar-refractivity contribution in [2.75, 3.05) is 20.2 Å². The van der Waals surface area contributed by atoms with E-state index in [1.54, 1.807) is 25.1 Å². The number of esters is 1. The minimum absolute atomic E-state index is 0.0851. The van der Waals surface area contributed by atoms with Crippen LogP contribution in [0.1, 0.15) is 17.3 Å². The Hall–Kier alpha value is -1.07. The fourth-order valence-corrected chi connectivity index (χ4v) is 2.14. The Morgan fingerprint density at radius 2 is 2.11 bits per heavy atom. The highest BCUT2D eigenvalue weighted by Gasteiger charge is 2.19. The van der Waals surface area contributed by atoms with Crippen LogP contribution in [0.15, 0.2) is 22.7 Å². The number of amides is 1. The molecule has 0 N–H and O–H groups in total. The number of nitrogens with zero attached hydrogens (tertiary/aromatic N) is 1. The van der Waals surface area contributed by atoms with Crippen molar-refractivity contribution in [3.63, 3.8) is 0 Å². The predicted molar refractivity (Wildman–Crippen MR) is 72.7 cm³/mol. The second-order valence-electron chi connectivity index (χ2n) is 3.52. The maximum absolute atomic E-state index is 12.2. The van der Waals surface area contributed by atoms with Gasteiger partial charge in [0.25, 0.3) is 5.91 Å². The molecule has 98 valence electrons. The van der Waals surface area contributed by atoms with Crippen molar-refractivity contribution < 1.29 is 14.3 Å². The number of rotatable bonds is 4. The van der Waals surface area contributed by atoms with E-state index >= 15 is 0 Å². The van der Waals surface area contributed by atoms with E-state index in [-0.39, 0.29) is 12.5 Å². The van der Waals surface area contributed by atoms with Gasteiger partial charge in [-0.05, 0) is 25.1 Å². The van der Waals surface area contributed by atoms with E-state index in [4.69, 9.17) is 11.6 Å². The molecule has 1 rings (SSSR count). The first-order chi connectivity index (χ1) is 8.49. The van der Waals surface area contributed by atoms with E-state index in [9.17, 15) is 9.59 Å². The zero-order valence-electron chi connectivity index (χ0n) is 10.1. The summed E-state index contributed by atoms with van der Waals surface area (Å²) >= 11 is 9.27. The van der Waals surface area contributed by atoms with Crippen molar-refractivity contribution in [2.24, 2.45) is 0 Å². The van der Waals surface area contributed by atoms with Crippen molar-refractivity contribution in [3.05, 3.63) is 33.3 Å². The van der Waals surface area contributed by atoms with Gasteiger partial charge in [0.15, 0.2) is 0 Å². The molecular formula is C12H13BrClNO3. The highest BCUT2D eigenvalue weighted by Crippen LogP contribution is 2.22. The first-order valence-corrected chi connectivity index (χ1v) is 6.47. The van der Waals surface area contributed by atoms with Gasteiger partial charge < -0.3 is 9.64 Å². The van der Waals surface area contributed by atoms with E-state index in [0.717, 1.165) is 4.47 Å². The van der Waals surface area contributed by atoms with Gasteiger partial charge in [0.2, 0.25) is 0 Å². The van der Waals surface area contributed by atoms with Crippen molar-refractivity contribution in [3.8, 4) is 0 Å². The molecule has 0 fully saturated rings. The van der Waals surface area contributed by atoms with Gasteiger partial charge in [-0.2, -0.15) is 0 Å². The monoisotopic (exact) mass is 333 g/mol. The third-order valence-corrected chi connectivity index (χ3v) is 3.18. The molecule has 0 aliphatic rings. The largest absolute Gasteiger partial charge is 0.468 e. The van der Waals surface area contributed by atoms with Crippen LogP contribution >= 0.6 is 27.5 Å². The topological polar surface area (TPSA) is 46.6 Å². The Labute approximate surface area is 119 Å². The smallest absolute Gasteiger partial charge is 0.325 e. The predicted octanol–water partition coefficient (Wildman–Crippen LogP) is 2.74. The molecule has 0 saturated carbocycles. The number of methoxy groups -OCH3 is 1. The summed E-state index contributed by atoms with van der Waals surface area (Å²) in [4.78, 5) is 24.8. The summed E-state index contributed by atoms with van der Waals surface area (Å²) in [7, 11) is 1.28. The Kier molecular flexibility index (Phi) is 5.62. The van der Waals surface area contributed by atoms with Gasteiger partial charge in [-0.3, -0.25) is 9.59 Å². The second-order valence-corrected chi connectivity index (χ2v) is 4.84. The third-order valence-electron chi connectivity index (χ3n) is 2.38. The molecule has 0 spiro atoms. The molecule has 6 heteroatoms. The SMILES string of the molecule is CCN(CC(=O)OC)C(=O)c1ccc(Br)cc1Cl. The van der Waals surface area contributed by atoms with E-state index < -0.39 is 5.97 Å². The Bertz CT molecular complexity index is 465. The average molecular weight is 335 g/mol. The first kappa shape index (κ1) is 15.0. The molecule has 1 aromatic rings. The molecule has 0 saturated heterocycles. The molecule has 0 radical (unpaired) electrons. The fourth-order valence-electron chi connectivity index (χ4n) is 1.38. The highest BCUT2D eigenvalue weighted by atomic mass is 79.9. The molecule has 0 aromatic heterocycles. The summed E-state index contributed by atoms with van der Waals surface area (Å²) < 4.78 is 5.34. The van der Waals surface area contributed by atoms with Crippen LogP contribution in [0.25, 0.3) is 0 Å². The molecule has 4 nitrogen and oxygen atoms in total. The lowest BCUT2D eigenvalue weighted by Gasteiger charge is -2.20. The van der Waals surface area contributed by atoms with E-state index in [0.29, 0.717) is 17.1 Å². The number of hydrogen-bond acceptors (Lipinski definition) is 3. The molecule has 0 bridgehead atoms. The summed E-state index contributed by atoms with van der Waals surface area (Å²) in [6, 6.07) is 4.99. The summed E-state index contributed by atoms with van der Waals surface area (Å²) in [6.45, 7) is 2.10. The van der Waals surface area contributed by atoms with Gasteiger partial charge in [-0.25, -0.2) is 0 Å². The molecule has 0 unspecified atom stereocenters. The van der Waals surface area contributed by atoms with Gasteiger partial charge in [0.1, 0.15) is 6.54 Å². The normalized spacial score (nSPS) is 10.0. The maximum atomic E-state index is 12.2. The van der Waals surface area contributed by atoms with Gasteiger partial charge >= 0.3 is 5.97 Å². The van der Waals surface area contributed by atoms with Gasteiger partial charge in [0.05, 0.1) is 17.7 Å². The fraction of sp³-hybridized carbons (Fsp3) is 0.333. The van der Waals surface area contributed by atoms with Crippen LogP contribution in [-0.4, -0.2) is 37.0 Å². The maximum Gasteiger partial charge on any atom is 0.325 e. The number of halogens is 2. The zero-order chi connectivity index (χ0) is 13.7.